The van der Waals surface area contributed by atoms with Gasteiger partial charge in [-0.05, 0) is 24.6 Å². The lowest BCUT2D eigenvalue weighted by Gasteiger charge is -1.97. The molecule has 4 heteroatoms. The van der Waals surface area contributed by atoms with E-state index in [9.17, 15) is 13.6 Å². The first-order valence-corrected chi connectivity index (χ1v) is 4.90. The van der Waals surface area contributed by atoms with E-state index in [1.165, 1.54) is 6.07 Å². The van der Waals surface area contributed by atoms with Crippen molar-refractivity contribution in [3.8, 4) is 0 Å². The Balaban J connectivity index is 2.56. The minimum Gasteiger partial charge on any atom is -0.466 e. The number of rotatable bonds is 4. The summed E-state index contributed by atoms with van der Waals surface area (Å²) in [6.45, 7) is 2.05. The van der Waals surface area contributed by atoms with Crippen molar-refractivity contribution in [1.29, 1.82) is 0 Å². The number of carbonyl (C=O) groups excluding carboxylic acids is 1. The molecular formula is C12H12F2O2. The number of hydrogen-bond donors (Lipinski definition) is 0. The van der Waals surface area contributed by atoms with Gasteiger partial charge in [0.25, 0.3) is 0 Å². The molecule has 16 heavy (non-hydrogen) atoms. The van der Waals surface area contributed by atoms with Crippen molar-refractivity contribution in [3.63, 3.8) is 0 Å². The summed E-state index contributed by atoms with van der Waals surface area (Å²) < 4.78 is 30.1. The van der Waals surface area contributed by atoms with E-state index in [1.54, 1.807) is 19.1 Å². The zero-order valence-corrected chi connectivity index (χ0v) is 8.87. The summed E-state index contributed by atoms with van der Waals surface area (Å²) in [7, 11) is 0. The number of benzene rings is 1. The van der Waals surface area contributed by atoms with Gasteiger partial charge in [0.1, 0.15) is 0 Å². The van der Waals surface area contributed by atoms with Gasteiger partial charge in [-0.1, -0.05) is 18.2 Å². The molecule has 0 N–H and O–H groups in total. The smallest absolute Gasteiger partial charge is 0.309 e. The van der Waals surface area contributed by atoms with Gasteiger partial charge in [-0.15, -0.1) is 0 Å². The van der Waals surface area contributed by atoms with Gasteiger partial charge >= 0.3 is 5.97 Å². The van der Waals surface area contributed by atoms with Crippen LogP contribution in [0, 0.1) is 11.6 Å². The summed E-state index contributed by atoms with van der Waals surface area (Å²) in [6, 6.07) is 3.54. The minimum atomic E-state index is -0.904. The lowest BCUT2D eigenvalue weighted by molar-refractivity contribution is -0.142. The highest BCUT2D eigenvalue weighted by Crippen LogP contribution is 2.10. The third-order valence-electron chi connectivity index (χ3n) is 1.84. The summed E-state index contributed by atoms with van der Waals surface area (Å²) in [5.41, 5.74) is 0.503. The van der Waals surface area contributed by atoms with Crippen LogP contribution in [0.25, 0.3) is 6.08 Å². The Morgan fingerprint density at radius 2 is 2.12 bits per heavy atom. The van der Waals surface area contributed by atoms with Crippen molar-refractivity contribution in [2.45, 2.75) is 13.3 Å². The van der Waals surface area contributed by atoms with Crippen LogP contribution in [-0.4, -0.2) is 12.6 Å². The Bertz CT molecular complexity index is 400. The van der Waals surface area contributed by atoms with Gasteiger partial charge in [0, 0.05) is 0 Å². The highest BCUT2D eigenvalue weighted by Gasteiger charge is 2.00. The Hall–Kier alpha value is -1.71. The van der Waals surface area contributed by atoms with Gasteiger partial charge < -0.3 is 4.74 Å². The van der Waals surface area contributed by atoms with Crippen molar-refractivity contribution < 1.29 is 18.3 Å². The van der Waals surface area contributed by atoms with Crippen LogP contribution in [0.5, 0.6) is 0 Å². The van der Waals surface area contributed by atoms with Crippen LogP contribution in [0.4, 0.5) is 8.78 Å². The van der Waals surface area contributed by atoms with Gasteiger partial charge in [0.2, 0.25) is 0 Å². The van der Waals surface area contributed by atoms with E-state index in [2.05, 4.69) is 0 Å². The zero-order valence-electron chi connectivity index (χ0n) is 8.87. The normalized spacial score (nSPS) is 10.7. The van der Waals surface area contributed by atoms with Gasteiger partial charge in [-0.25, -0.2) is 8.78 Å². The van der Waals surface area contributed by atoms with E-state index in [1.807, 2.05) is 0 Å². The van der Waals surface area contributed by atoms with Gasteiger partial charge in [0.05, 0.1) is 13.0 Å². The molecule has 0 aromatic heterocycles. The van der Waals surface area contributed by atoms with E-state index in [4.69, 9.17) is 4.74 Å². The lowest BCUT2D eigenvalue weighted by atomic mass is 10.2. The maximum Gasteiger partial charge on any atom is 0.309 e. The van der Waals surface area contributed by atoms with E-state index >= 15 is 0 Å². The van der Waals surface area contributed by atoms with Gasteiger partial charge in [-0.3, -0.25) is 4.79 Å². The second-order valence-electron chi connectivity index (χ2n) is 3.09. The molecule has 0 saturated carbocycles. The fraction of sp³-hybridized carbons (Fsp3) is 0.250. The topological polar surface area (TPSA) is 26.3 Å². The molecule has 0 spiro atoms. The Morgan fingerprint density at radius 3 is 2.75 bits per heavy atom. The third-order valence-corrected chi connectivity index (χ3v) is 1.84. The summed E-state index contributed by atoms with van der Waals surface area (Å²) >= 11 is 0. The van der Waals surface area contributed by atoms with Crippen LogP contribution in [0.1, 0.15) is 18.9 Å². The van der Waals surface area contributed by atoms with E-state index in [-0.39, 0.29) is 12.4 Å². The van der Waals surface area contributed by atoms with Crippen molar-refractivity contribution in [2.75, 3.05) is 6.61 Å². The van der Waals surface area contributed by atoms with E-state index in [0.29, 0.717) is 12.2 Å². The second-order valence-corrected chi connectivity index (χ2v) is 3.09. The summed E-state index contributed by atoms with van der Waals surface area (Å²) in [6.07, 6.45) is 3.21. The average molecular weight is 226 g/mol. The number of halogens is 2. The van der Waals surface area contributed by atoms with Crippen LogP contribution in [-0.2, 0) is 9.53 Å². The van der Waals surface area contributed by atoms with Crippen molar-refractivity contribution in [2.24, 2.45) is 0 Å². The Labute approximate surface area is 92.5 Å². The molecule has 0 heterocycles. The predicted molar refractivity (Wildman–Crippen MR) is 56.6 cm³/mol. The first-order chi connectivity index (χ1) is 7.63. The fourth-order valence-corrected chi connectivity index (χ4v) is 1.13. The molecule has 0 bridgehead atoms. The van der Waals surface area contributed by atoms with Gasteiger partial charge in [0.15, 0.2) is 11.6 Å². The van der Waals surface area contributed by atoms with E-state index in [0.717, 1.165) is 12.1 Å². The van der Waals surface area contributed by atoms with E-state index < -0.39 is 11.6 Å². The molecule has 0 unspecified atom stereocenters. The zero-order chi connectivity index (χ0) is 12.0. The molecule has 0 saturated heterocycles. The largest absolute Gasteiger partial charge is 0.466 e. The Morgan fingerprint density at radius 1 is 1.38 bits per heavy atom. The summed E-state index contributed by atoms with van der Waals surface area (Å²) in [4.78, 5) is 10.9. The average Bonchev–Trinajstić information content (AvgIpc) is 2.24. The number of ether oxygens (including phenoxy) is 1. The van der Waals surface area contributed by atoms with Crippen molar-refractivity contribution in [1.82, 2.24) is 0 Å². The van der Waals surface area contributed by atoms with Crippen LogP contribution < -0.4 is 0 Å². The van der Waals surface area contributed by atoms with Gasteiger partial charge in [-0.2, -0.15) is 0 Å². The standard InChI is InChI=1S/C12H12F2O2/c1-2-16-12(15)5-3-4-9-6-7-10(13)11(14)8-9/h3-4,6-8H,2,5H2,1H3/b4-3+. The molecule has 86 valence electrons. The minimum absolute atomic E-state index is 0.118. The first kappa shape index (κ1) is 12.4. The molecule has 0 radical (unpaired) electrons. The molecule has 0 amide bonds. The summed E-state index contributed by atoms with van der Waals surface area (Å²) in [5.74, 6) is -2.14. The van der Waals surface area contributed by atoms with Crippen LogP contribution in [0.15, 0.2) is 24.3 Å². The Kier molecular flexibility index (Phi) is 4.64. The van der Waals surface area contributed by atoms with Crippen LogP contribution in [0.3, 0.4) is 0 Å². The fourth-order valence-electron chi connectivity index (χ4n) is 1.13. The van der Waals surface area contributed by atoms with Crippen molar-refractivity contribution in [3.05, 3.63) is 41.5 Å². The molecule has 1 rings (SSSR count). The third kappa shape index (κ3) is 3.81. The molecule has 2 nitrogen and oxygen atoms in total. The predicted octanol–water partition coefficient (Wildman–Crippen LogP) is 2.93. The molecule has 0 aliphatic rings. The highest BCUT2D eigenvalue weighted by molar-refractivity contribution is 5.72. The lowest BCUT2D eigenvalue weighted by Crippen LogP contribution is -2.01. The molecular weight excluding hydrogens is 214 g/mol. The molecule has 0 aliphatic heterocycles. The number of carbonyl (C=O) groups is 1. The monoisotopic (exact) mass is 226 g/mol. The second kappa shape index (κ2) is 6.00. The quantitative estimate of drug-likeness (QED) is 0.738. The molecule has 0 fully saturated rings. The highest BCUT2D eigenvalue weighted by atomic mass is 19.2. The molecule has 1 aromatic carbocycles. The molecule has 1 aromatic rings. The maximum atomic E-state index is 12.8. The molecule has 0 atom stereocenters. The maximum absolute atomic E-state index is 12.8. The molecule has 0 aliphatic carbocycles. The first-order valence-electron chi connectivity index (χ1n) is 4.90. The summed E-state index contributed by atoms with van der Waals surface area (Å²) in [5, 5.41) is 0. The van der Waals surface area contributed by atoms with Crippen LogP contribution >= 0.6 is 0 Å². The number of hydrogen-bond acceptors (Lipinski definition) is 2. The number of esters is 1. The van der Waals surface area contributed by atoms with Crippen molar-refractivity contribution >= 4 is 12.0 Å². The van der Waals surface area contributed by atoms with Crippen LogP contribution in [0.2, 0.25) is 0 Å². The SMILES string of the molecule is CCOC(=O)C/C=C/c1ccc(F)c(F)c1.